The van der Waals surface area contributed by atoms with Crippen LogP contribution in [0.3, 0.4) is 0 Å². The number of rotatable bonds is 4. The van der Waals surface area contributed by atoms with Crippen LogP contribution in [0, 0.1) is 6.92 Å². The maximum absolute atomic E-state index is 12.9. The number of aromatic nitrogens is 2. The minimum Gasteiger partial charge on any atom is -0.295 e. The van der Waals surface area contributed by atoms with Crippen molar-refractivity contribution in [2.75, 3.05) is 0 Å². The monoisotopic (exact) mass is 354 g/mol. The Morgan fingerprint density at radius 1 is 0.778 bits per heavy atom. The summed E-state index contributed by atoms with van der Waals surface area (Å²) < 4.78 is 1.40. The minimum atomic E-state index is -0.337. The molecule has 0 atom stereocenters. The van der Waals surface area contributed by atoms with Gasteiger partial charge in [0.15, 0.2) is 5.78 Å². The Labute approximate surface area is 156 Å². The van der Waals surface area contributed by atoms with Gasteiger partial charge in [-0.2, -0.15) is 0 Å². The highest BCUT2D eigenvalue weighted by Crippen LogP contribution is 2.20. The van der Waals surface area contributed by atoms with Gasteiger partial charge in [0.2, 0.25) is 0 Å². The third-order valence-electron chi connectivity index (χ3n) is 4.57. The lowest BCUT2D eigenvalue weighted by Gasteiger charge is -2.03. The molecular weight excluding hydrogens is 336 g/mol. The molecule has 0 fully saturated rings. The summed E-state index contributed by atoms with van der Waals surface area (Å²) in [6.45, 7) is 1.74. The van der Waals surface area contributed by atoms with E-state index in [0.29, 0.717) is 16.9 Å². The topological polar surface area (TPSA) is 54.9 Å². The number of hydrogen-bond donors (Lipinski definition) is 1. The molecule has 1 N–H and O–H groups in total. The molecule has 0 saturated heterocycles. The maximum atomic E-state index is 12.9. The van der Waals surface area contributed by atoms with Gasteiger partial charge in [-0.15, -0.1) is 0 Å². The molecular formula is C23H18N2O2. The Morgan fingerprint density at radius 2 is 1.33 bits per heavy atom. The average molecular weight is 354 g/mol. The van der Waals surface area contributed by atoms with Crippen molar-refractivity contribution < 1.29 is 4.79 Å². The van der Waals surface area contributed by atoms with Gasteiger partial charge in [0.25, 0.3) is 5.56 Å². The van der Waals surface area contributed by atoms with Crippen LogP contribution in [0.2, 0.25) is 0 Å². The number of carbonyl (C=O) groups excluding carboxylic acids is 1. The van der Waals surface area contributed by atoms with Gasteiger partial charge in [-0.05, 0) is 30.2 Å². The molecule has 1 aromatic heterocycles. The Balaban J connectivity index is 1.70. The number of nitrogens with one attached hydrogen (secondary N) is 1. The Bertz CT molecular complexity index is 1140. The first-order valence-corrected chi connectivity index (χ1v) is 8.72. The first-order chi connectivity index (χ1) is 13.1. The highest BCUT2D eigenvalue weighted by atomic mass is 16.2. The number of nitrogens with zero attached hydrogens (tertiary/aromatic N) is 1. The standard InChI is InChI=1S/C23H18N2O2/c1-16-21(23(27)25(24-16)20-10-6-3-7-11-20)22(26)19-14-12-18(13-15-19)17-8-4-2-5-9-17/h2-15,24H,1H3. The minimum absolute atomic E-state index is 0.173. The summed E-state index contributed by atoms with van der Waals surface area (Å²) in [4.78, 5) is 25.8. The molecule has 0 saturated carbocycles. The predicted octanol–water partition coefficient (Wildman–Crippen LogP) is 4.37. The number of benzene rings is 3. The second-order valence-corrected chi connectivity index (χ2v) is 6.36. The molecule has 1 heterocycles. The number of carbonyl (C=O) groups is 1. The number of aromatic amines is 1. The molecule has 27 heavy (non-hydrogen) atoms. The Hall–Kier alpha value is -3.66. The van der Waals surface area contributed by atoms with Crippen LogP contribution < -0.4 is 5.56 Å². The maximum Gasteiger partial charge on any atom is 0.282 e. The van der Waals surface area contributed by atoms with Gasteiger partial charge in [0, 0.05) is 11.3 Å². The van der Waals surface area contributed by atoms with E-state index < -0.39 is 0 Å². The van der Waals surface area contributed by atoms with Gasteiger partial charge in [-0.25, -0.2) is 4.68 Å². The molecule has 0 aliphatic carbocycles. The molecule has 0 aliphatic heterocycles. The van der Waals surface area contributed by atoms with Crippen LogP contribution >= 0.6 is 0 Å². The van der Waals surface area contributed by atoms with Crippen molar-refractivity contribution in [3.05, 3.63) is 112 Å². The number of para-hydroxylation sites is 1. The van der Waals surface area contributed by atoms with Gasteiger partial charge in [0.1, 0.15) is 5.56 Å². The van der Waals surface area contributed by atoms with Crippen LogP contribution in [0.1, 0.15) is 21.6 Å². The molecule has 4 rings (SSSR count). The summed E-state index contributed by atoms with van der Waals surface area (Å²) >= 11 is 0. The van der Waals surface area contributed by atoms with Gasteiger partial charge in [0.05, 0.1) is 5.69 Å². The molecule has 132 valence electrons. The highest BCUT2D eigenvalue weighted by Gasteiger charge is 2.20. The van der Waals surface area contributed by atoms with E-state index in [1.165, 1.54) is 4.68 Å². The molecule has 4 nitrogen and oxygen atoms in total. The third kappa shape index (κ3) is 3.13. The lowest BCUT2D eigenvalue weighted by atomic mass is 10.00. The van der Waals surface area contributed by atoms with Gasteiger partial charge >= 0.3 is 0 Å². The molecule has 0 radical (unpaired) electrons. The van der Waals surface area contributed by atoms with E-state index in [1.54, 1.807) is 19.1 Å². The number of H-pyrrole nitrogens is 1. The van der Waals surface area contributed by atoms with Gasteiger partial charge < -0.3 is 0 Å². The van der Waals surface area contributed by atoms with E-state index in [4.69, 9.17) is 0 Å². The zero-order valence-corrected chi connectivity index (χ0v) is 14.8. The third-order valence-corrected chi connectivity index (χ3v) is 4.57. The Kier molecular flexibility index (Phi) is 4.30. The Morgan fingerprint density at radius 3 is 1.96 bits per heavy atom. The molecule has 4 heteroatoms. The highest BCUT2D eigenvalue weighted by molar-refractivity contribution is 6.09. The molecule has 3 aromatic carbocycles. The fourth-order valence-electron chi connectivity index (χ4n) is 3.16. The zero-order valence-electron chi connectivity index (χ0n) is 14.8. The molecule has 0 aliphatic rings. The van der Waals surface area contributed by atoms with Crippen molar-refractivity contribution in [2.24, 2.45) is 0 Å². The van der Waals surface area contributed by atoms with Crippen molar-refractivity contribution in [3.63, 3.8) is 0 Å². The second-order valence-electron chi connectivity index (χ2n) is 6.36. The molecule has 0 unspecified atom stereocenters. The lowest BCUT2D eigenvalue weighted by Crippen LogP contribution is -2.20. The van der Waals surface area contributed by atoms with E-state index in [-0.39, 0.29) is 16.9 Å². The van der Waals surface area contributed by atoms with E-state index in [0.717, 1.165) is 11.1 Å². The van der Waals surface area contributed by atoms with Gasteiger partial charge in [-0.1, -0.05) is 72.8 Å². The first-order valence-electron chi connectivity index (χ1n) is 8.72. The van der Waals surface area contributed by atoms with Crippen LogP contribution in [0.15, 0.2) is 89.7 Å². The van der Waals surface area contributed by atoms with Crippen molar-refractivity contribution in [1.82, 2.24) is 9.78 Å². The summed E-state index contributed by atoms with van der Waals surface area (Å²) in [6, 6.07) is 26.5. The molecule has 0 bridgehead atoms. The molecule has 0 amide bonds. The fourth-order valence-corrected chi connectivity index (χ4v) is 3.16. The van der Waals surface area contributed by atoms with E-state index in [1.807, 2.05) is 72.8 Å². The van der Waals surface area contributed by atoms with Crippen LogP contribution in [0.4, 0.5) is 0 Å². The van der Waals surface area contributed by atoms with E-state index >= 15 is 0 Å². The molecule has 4 aromatic rings. The average Bonchev–Trinajstić information content (AvgIpc) is 3.03. The van der Waals surface area contributed by atoms with Gasteiger partial charge in [-0.3, -0.25) is 14.7 Å². The summed E-state index contributed by atoms with van der Waals surface area (Å²) in [6.07, 6.45) is 0. The van der Waals surface area contributed by atoms with E-state index in [9.17, 15) is 9.59 Å². The van der Waals surface area contributed by atoms with Crippen LogP contribution in [-0.2, 0) is 0 Å². The van der Waals surface area contributed by atoms with Crippen molar-refractivity contribution >= 4 is 5.78 Å². The second kappa shape index (κ2) is 6.92. The van der Waals surface area contributed by atoms with E-state index in [2.05, 4.69) is 5.10 Å². The SMILES string of the molecule is Cc1[nH]n(-c2ccccc2)c(=O)c1C(=O)c1ccc(-c2ccccc2)cc1. The molecule has 0 spiro atoms. The number of hydrogen-bond acceptors (Lipinski definition) is 2. The number of ketones is 1. The number of aryl methyl sites for hydroxylation is 1. The summed E-state index contributed by atoms with van der Waals surface area (Å²) in [7, 11) is 0. The zero-order chi connectivity index (χ0) is 18.8. The summed E-state index contributed by atoms with van der Waals surface area (Å²) in [5, 5.41) is 3.00. The fraction of sp³-hybridized carbons (Fsp3) is 0.0435. The summed E-state index contributed by atoms with van der Waals surface area (Å²) in [5.74, 6) is -0.275. The largest absolute Gasteiger partial charge is 0.295 e. The quantitative estimate of drug-likeness (QED) is 0.553. The smallest absolute Gasteiger partial charge is 0.282 e. The first kappa shape index (κ1) is 16.8. The van der Waals surface area contributed by atoms with Crippen molar-refractivity contribution in [2.45, 2.75) is 6.92 Å². The lowest BCUT2D eigenvalue weighted by molar-refractivity contribution is 0.103. The summed E-state index contributed by atoms with van der Waals surface area (Å²) in [5.41, 5.74) is 3.70. The normalized spacial score (nSPS) is 10.7. The van der Waals surface area contributed by atoms with Crippen LogP contribution in [-0.4, -0.2) is 15.6 Å². The predicted molar refractivity (Wildman–Crippen MR) is 106 cm³/mol. The van der Waals surface area contributed by atoms with Crippen LogP contribution in [0.5, 0.6) is 0 Å². The van der Waals surface area contributed by atoms with Crippen molar-refractivity contribution in [3.8, 4) is 16.8 Å². The van der Waals surface area contributed by atoms with Crippen LogP contribution in [0.25, 0.3) is 16.8 Å². The van der Waals surface area contributed by atoms with Crippen molar-refractivity contribution in [1.29, 1.82) is 0 Å².